The maximum atomic E-state index is 9.75. The van der Waals surface area contributed by atoms with Gasteiger partial charge in [-0.15, -0.1) is 11.3 Å². The minimum atomic E-state index is 0.306. The molecule has 0 amide bonds. The van der Waals surface area contributed by atoms with E-state index in [2.05, 4.69) is 18.8 Å². The molecule has 0 fully saturated rings. The van der Waals surface area contributed by atoms with Gasteiger partial charge in [-0.3, -0.25) is 0 Å². The normalized spacial score (nSPS) is 11.4. The Hall–Kier alpha value is -1.09. The van der Waals surface area contributed by atoms with Gasteiger partial charge in [-0.05, 0) is 25.0 Å². The number of aromatic nitrogens is 1. The standard InChI is InChI=1S/C11H13NOS/c1-6(2)10-8(13)4-5-9-11(10)12-7(3)14-9/h4-6,13H,1-3H3. The van der Waals surface area contributed by atoms with Crippen LogP contribution in [0.2, 0.25) is 0 Å². The fourth-order valence-corrected chi connectivity index (χ4v) is 2.53. The van der Waals surface area contributed by atoms with Crippen molar-refractivity contribution in [2.24, 2.45) is 0 Å². The van der Waals surface area contributed by atoms with Gasteiger partial charge in [-0.25, -0.2) is 4.98 Å². The molecule has 1 heterocycles. The molecule has 0 aliphatic carbocycles. The monoisotopic (exact) mass is 207 g/mol. The third-order valence-corrected chi connectivity index (χ3v) is 3.20. The predicted octanol–water partition coefficient (Wildman–Crippen LogP) is 3.43. The Morgan fingerprint density at radius 1 is 1.36 bits per heavy atom. The van der Waals surface area contributed by atoms with Gasteiger partial charge in [0.05, 0.1) is 15.2 Å². The Bertz CT molecular complexity index is 473. The van der Waals surface area contributed by atoms with E-state index < -0.39 is 0 Å². The van der Waals surface area contributed by atoms with Gasteiger partial charge in [0.1, 0.15) is 5.75 Å². The van der Waals surface area contributed by atoms with Crippen LogP contribution >= 0.6 is 11.3 Å². The maximum absolute atomic E-state index is 9.75. The van der Waals surface area contributed by atoms with Crippen molar-refractivity contribution >= 4 is 21.6 Å². The first-order valence-electron chi connectivity index (χ1n) is 4.68. The Kier molecular flexibility index (Phi) is 2.19. The Morgan fingerprint density at radius 2 is 2.07 bits per heavy atom. The smallest absolute Gasteiger partial charge is 0.121 e. The highest BCUT2D eigenvalue weighted by atomic mass is 32.1. The second-order valence-corrected chi connectivity index (χ2v) is 4.97. The van der Waals surface area contributed by atoms with E-state index in [1.54, 1.807) is 17.4 Å². The Morgan fingerprint density at radius 3 is 2.71 bits per heavy atom. The molecule has 0 bridgehead atoms. The fourth-order valence-electron chi connectivity index (χ4n) is 1.68. The van der Waals surface area contributed by atoms with Gasteiger partial charge in [0.2, 0.25) is 0 Å². The molecule has 0 atom stereocenters. The number of phenols is 1. The Labute approximate surface area is 87.2 Å². The predicted molar refractivity (Wildman–Crippen MR) is 60.1 cm³/mol. The van der Waals surface area contributed by atoms with Gasteiger partial charge >= 0.3 is 0 Å². The van der Waals surface area contributed by atoms with Crippen LogP contribution in [0.15, 0.2) is 12.1 Å². The minimum absolute atomic E-state index is 0.306. The number of hydrogen-bond acceptors (Lipinski definition) is 3. The van der Waals surface area contributed by atoms with Gasteiger partial charge in [0.25, 0.3) is 0 Å². The van der Waals surface area contributed by atoms with Gasteiger partial charge in [-0.1, -0.05) is 13.8 Å². The molecule has 0 saturated carbocycles. The second kappa shape index (κ2) is 3.24. The zero-order chi connectivity index (χ0) is 10.3. The number of aryl methyl sites for hydroxylation is 1. The van der Waals surface area contributed by atoms with Crippen LogP contribution in [0.3, 0.4) is 0 Å². The first-order valence-corrected chi connectivity index (χ1v) is 5.50. The molecule has 0 aliphatic rings. The van der Waals surface area contributed by atoms with E-state index in [1.807, 2.05) is 13.0 Å². The summed E-state index contributed by atoms with van der Waals surface area (Å²) in [5.41, 5.74) is 1.93. The molecule has 0 radical (unpaired) electrons. The van der Waals surface area contributed by atoms with Gasteiger partial charge in [0.15, 0.2) is 0 Å². The van der Waals surface area contributed by atoms with Crippen molar-refractivity contribution < 1.29 is 5.11 Å². The lowest BCUT2D eigenvalue weighted by molar-refractivity contribution is 0.466. The molecule has 2 nitrogen and oxygen atoms in total. The topological polar surface area (TPSA) is 33.1 Å². The van der Waals surface area contributed by atoms with E-state index in [1.165, 1.54) is 0 Å². The summed E-state index contributed by atoms with van der Waals surface area (Å²) in [5, 5.41) is 10.8. The van der Waals surface area contributed by atoms with E-state index in [-0.39, 0.29) is 0 Å². The number of hydrogen-bond donors (Lipinski definition) is 1. The third kappa shape index (κ3) is 1.38. The minimum Gasteiger partial charge on any atom is -0.508 e. The van der Waals surface area contributed by atoms with E-state index in [9.17, 15) is 5.11 Å². The first-order chi connectivity index (χ1) is 6.59. The van der Waals surface area contributed by atoms with Crippen LogP contribution in [0.1, 0.15) is 30.3 Å². The molecular formula is C11H13NOS. The highest BCUT2D eigenvalue weighted by Crippen LogP contribution is 2.34. The lowest BCUT2D eigenvalue weighted by Gasteiger charge is -2.08. The van der Waals surface area contributed by atoms with E-state index in [0.29, 0.717) is 11.7 Å². The van der Waals surface area contributed by atoms with E-state index in [0.717, 1.165) is 20.8 Å². The summed E-state index contributed by atoms with van der Waals surface area (Å²) in [6.45, 7) is 6.14. The van der Waals surface area contributed by atoms with Gasteiger partial charge < -0.3 is 5.11 Å². The lowest BCUT2D eigenvalue weighted by atomic mass is 10.0. The molecule has 1 aromatic carbocycles. The molecule has 2 aromatic rings. The van der Waals surface area contributed by atoms with Crippen LogP contribution in [0.4, 0.5) is 0 Å². The zero-order valence-electron chi connectivity index (χ0n) is 8.53. The number of fused-ring (bicyclic) bond motifs is 1. The summed E-state index contributed by atoms with van der Waals surface area (Å²) in [6.07, 6.45) is 0. The summed E-state index contributed by atoms with van der Waals surface area (Å²) >= 11 is 1.67. The summed E-state index contributed by atoms with van der Waals surface area (Å²) < 4.78 is 1.16. The average molecular weight is 207 g/mol. The van der Waals surface area contributed by atoms with Crippen LogP contribution in [0, 0.1) is 6.92 Å². The molecule has 0 aliphatic heterocycles. The quantitative estimate of drug-likeness (QED) is 0.777. The van der Waals surface area contributed by atoms with Crippen molar-refractivity contribution in [2.75, 3.05) is 0 Å². The number of aromatic hydroxyl groups is 1. The van der Waals surface area contributed by atoms with Crippen molar-refractivity contribution in [3.8, 4) is 5.75 Å². The van der Waals surface area contributed by atoms with Crippen LogP contribution < -0.4 is 0 Å². The van der Waals surface area contributed by atoms with Gasteiger partial charge in [-0.2, -0.15) is 0 Å². The number of thiazole rings is 1. The number of rotatable bonds is 1. The van der Waals surface area contributed by atoms with E-state index >= 15 is 0 Å². The molecule has 0 spiro atoms. The molecule has 0 unspecified atom stereocenters. The highest BCUT2D eigenvalue weighted by Gasteiger charge is 2.13. The van der Waals surface area contributed by atoms with Crippen LogP contribution in [0.25, 0.3) is 10.2 Å². The Balaban J connectivity index is 2.82. The lowest BCUT2D eigenvalue weighted by Crippen LogP contribution is -1.90. The number of benzene rings is 1. The zero-order valence-corrected chi connectivity index (χ0v) is 9.35. The van der Waals surface area contributed by atoms with Crippen LogP contribution in [-0.4, -0.2) is 10.1 Å². The first kappa shape index (κ1) is 9.46. The molecule has 1 aromatic heterocycles. The largest absolute Gasteiger partial charge is 0.508 e. The summed E-state index contributed by atoms with van der Waals surface area (Å²) in [4.78, 5) is 4.45. The molecule has 3 heteroatoms. The maximum Gasteiger partial charge on any atom is 0.121 e. The summed E-state index contributed by atoms with van der Waals surface area (Å²) in [6, 6.07) is 3.69. The fraction of sp³-hybridized carbons (Fsp3) is 0.364. The molecule has 0 saturated heterocycles. The van der Waals surface area contributed by atoms with Crippen LogP contribution in [-0.2, 0) is 0 Å². The van der Waals surface area contributed by atoms with Crippen molar-refractivity contribution in [3.05, 3.63) is 22.7 Å². The van der Waals surface area contributed by atoms with Crippen molar-refractivity contribution in [1.82, 2.24) is 4.98 Å². The summed E-state index contributed by atoms with van der Waals surface area (Å²) in [7, 11) is 0. The second-order valence-electron chi connectivity index (χ2n) is 3.73. The number of nitrogens with zero attached hydrogens (tertiary/aromatic N) is 1. The molecule has 14 heavy (non-hydrogen) atoms. The summed E-state index contributed by atoms with van der Waals surface area (Å²) in [5.74, 6) is 0.665. The number of phenolic OH excluding ortho intramolecular Hbond substituents is 1. The average Bonchev–Trinajstić information content (AvgIpc) is 2.43. The molecular weight excluding hydrogens is 194 g/mol. The van der Waals surface area contributed by atoms with Crippen molar-refractivity contribution in [3.63, 3.8) is 0 Å². The van der Waals surface area contributed by atoms with Crippen molar-refractivity contribution in [2.45, 2.75) is 26.7 Å². The highest BCUT2D eigenvalue weighted by molar-refractivity contribution is 7.18. The van der Waals surface area contributed by atoms with Crippen molar-refractivity contribution in [1.29, 1.82) is 0 Å². The SMILES string of the molecule is Cc1nc2c(C(C)C)c(O)ccc2s1. The van der Waals surface area contributed by atoms with E-state index in [4.69, 9.17) is 0 Å². The molecule has 74 valence electrons. The molecule has 1 N–H and O–H groups in total. The van der Waals surface area contributed by atoms with Crippen LogP contribution in [0.5, 0.6) is 5.75 Å². The molecule has 2 rings (SSSR count). The van der Waals surface area contributed by atoms with Gasteiger partial charge in [0, 0.05) is 5.56 Å². The third-order valence-electron chi connectivity index (χ3n) is 2.26.